The van der Waals surface area contributed by atoms with Gasteiger partial charge in [0.25, 0.3) is 5.78 Å². The Morgan fingerprint density at radius 2 is 1.79 bits per heavy atom. The van der Waals surface area contributed by atoms with E-state index in [0.29, 0.717) is 23.1 Å². The monoisotopic (exact) mass is 526 g/mol. The van der Waals surface area contributed by atoms with Crippen LogP contribution in [0.25, 0.3) is 16.0 Å². The van der Waals surface area contributed by atoms with Crippen molar-refractivity contribution < 1.29 is 19.4 Å². The van der Waals surface area contributed by atoms with Gasteiger partial charge in [-0.05, 0) is 60.2 Å². The van der Waals surface area contributed by atoms with Crippen LogP contribution in [0, 0.1) is 6.92 Å². The van der Waals surface area contributed by atoms with Gasteiger partial charge in [0.05, 0.1) is 28.4 Å². The minimum Gasteiger partial charge on any atom is -0.507 e. The Balaban J connectivity index is 1.70. The van der Waals surface area contributed by atoms with E-state index < -0.39 is 17.7 Å². The number of rotatable bonds is 5. The van der Waals surface area contributed by atoms with E-state index >= 15 is 0 Å². The normalized spacial score (nSPS) is 17.4. The van der Waals surface area contributed by atoms with Gasteiger partial charge in [-0.2, -0.15) is 0 Å². The van der Waals surface area contributed by atoms with Crippen LogP contribution in [0.3, 0.4) is 0 Å². The van der Waals surface area contributed by atoms with E-state index in [2.05, 4.69) is 20.8 Å². The molecule has 194 valence electrons. The third-order valence-corrected chi connectivity index (χ3v) is 7.71. The Bertz CT molecular complexity index is 1580. The Morgan fingerprint density at radius 3 is 2.47 bits per heavy atom. The molecule has 38 heavy (non-hydrogen) atoms. The summed E-state index contributed by atoms with van der Waals surface area (Å²) in [4.78, 5) is 33.2. The van der Waals surface area contributed by atoms with Crippen LogP contribution in [0.5, 0.6) is 5.75 Å². The highest BCUT2D eigenvalue weighted by Gasteiger charge is 2.48. The third-order valence-electron chi connectivity index (χ3n) is 6.69. The highest BCUT2D eigenvalue weighted by Crippen LogP contribution is 2.45. The second-order valence-corrected chi connectivity index (χ2v) is 11.5. The number of thiazole rings is 1. The first-order valence-electron chi connectivity index (χ1n) is 12.6. The minimum absolute atomic E-state index is 0.0302. The quantitative estimate of drug-likeness (QED) is 0.173. The van der Waals surface area contributed by atoms with Gasteiger partial charge in [-0.15, -0.1) is 0 Å². The van der Waals surface area contributed by atoms with Crippen LogP contribution >= 0.6 is 11.3 Å². The van der Waals surface area contributed by atoms with Crippen molar-refractivity contribution in [3.63, 3.8) is 0 Å². The Labute approximate surface area is 226 Å². The van der Waals surface area contributed by atoms with Crippen molar-refractivity contribution in [1.82, 2.24) is 4.98 Å². The number of anilines is 1. The first kappa shape index (κ1) is 25.7. The third kappa shape index (κ3) is 4.58. The number of ether oxygens (including phenoxy) is 1. The predicted octanol–water partition coefficient (Wildman–Crippen LogP) is 6.93. The molecule has 0 bridgehead atoms. The number of hydrogen-bond donors (Lipinski definition) is 1. The lowest BCUT2D eigenvalue weighted by atomic mass is 9.85. The highest BCUT2D eigenvalue weighted by atomic mass is 32.1. The first-order chi connectivity index (χ1) is 18.1. The smallest absolute Gasteiger partial charge is 0.301 e. The molecular weight excluding hydrogens is 496 g/mol. The van der Waals surface area contributed by atoms with Gasteiger partial charge in [0, 0.05) is 5.56 Å². The summed E-state index contributed by atoms with van der Waals surface area (Å²) < 4.78 is 6.52. The van der Waals surface area contributed by atoms with Crippen molar-refractivity contribution in [1.29, 1.82) is 0 Å². The van der Waals surface area contributed by atoms with Crippen molar-refractivity contribution in [2.45, 2.75) is 46.1 Å². The van der Waals surface area contributed by atoms with Crippen molar-refractivity contribution in [3.05, 3.63) is 94.6 Å². The second kappa shape index (κ2) is 9.72. The lowest BCUT2D eigenvalue weighted by Crippen LogP contribution is -2.29. The molecule has 1 aliphatic rings. The maximum Gasteiger partial charge on any atom is 0.301 e. The van der Waals surface area contributed by atoms with E-state index in [-0.39, 0.29) is 16.7 Å². The van der Waals surface area contributed by atoms with Crippen LogP contribution in [0.4, 0.5) is 5.13 Å². The molecule has 0 saturated carbocycles. The Hall–Kier alpha value is -3.97. The number of aliphatic hydroxyl groups excluding tert-OH is 1. The van der Waals surface area contributed by atoms with Crippen LogP contribution in [0.2, 0.25) is 0 Å². The summed E-state index contributed by atoms with van der Waals surface area (Å²) >= 11 is 1.36. The van der Waals surface area contributed by atoms with Crippen LogP contribution in [-0.2, 0) is 15.0 Å². The van der Waals surface area contributed by atoms with E-state index in [9.17, 15) is 14.7 Å². The molecule has 1 atom stereocenters. The molecule has 1 aromatic heterocycles. The van der Waals surface area contributed by atoms with Crippen LogP contribution < -0.4 is 9.64 Å². The largest absolute Gasteiger partial charge is 0.507 e. The lowest BCUT2D eigenvalue weighted by molar-refractivity contribution is -0.132. The molecule has 7 heteroatoms. The van der Waals surface area contributed by atoms with Gasteiger partial charge >= 0.3 is 5.91 Å². The number of carbonyl (C=O) groups excluding carboxylic acids is 2. The van der Waals surface area contributed by atoms with Gasteiger partial charge in [-0.25, -0.2) is 4.98 Å². The number of hydrogen-bond acceptors (Lipinski definition) is 6. The van der Waals surface area contributed by atoms with Crippen molar-refractivity contribution in [3.8, 4) is 5.75 Å². The maximum absolute atomic E-state index is 13.5. The number of benzene rings is 3. The molecule has 1 fully saturated rings. The van der Waals surface area contributed by atoms with Crippen LogP contribution in [0.15, 0.2) is 72.3 Å². The lowest BCUT2D eigenvalue weighted by Gasteiger charge is -2.24. The number of ketones is 1. The zero-order valence-electron chi connectivity index (χ0n) is 22.1. The molecule has 4 aromatic rings. The van der Waals surface area contributed by atoms with Gasteiger partial charge in [0.1, 0.15) is 11.5 Å². The van der Waals surface area contributed by atoms with E-state index in [0.717, 1.165) is 26.9 Å². The van der Waals surface area contributed by atoms with E-state index in [1.165, 1.54) is 16.2 Å². The molecule has 1 aliphatic heterocycles. The fourth-order valence-electron chi connectivity index (χ4n) is 4.69. The van der Waals surface area contributed by atoms with Gasteiger partial charge in [-0.1, -0.05) is 74.6 Å². The number of amides is 1. The number of nitrogens with zero attached hydrogens (tertiary/aromatic N) is 2. The number of carbonyl (C=O) groups is 2. The molecule has 1 N–H and O–H groups in total. The van der Waals surface area contributed by atoms with Gasteiger partial charge in [0.15, 0.2) is 5.13 Å². The molecular formula is C31H30N2O4S. The van der Waals surface area contributed by atoms with Gasteiger partial charge in [-0.3, -0.25) is 14.5 Å². The number of fused-ring (bicyclic) bond motifs is 1. The van der Waals surface area contributed by atoms with Crippen LogP contribution in [0.1, 0.15) is 56.0 Å². The predicted molar refractivity (Wildman–Crippen MR) is 152 cm³/mol. The molecule has 0 aliphatic carbocycles. The summed E-state index contributed by atoms with van der Waals surface area (Å²) in [5.74, 6) is -1.13. The number of aliphatic hydroxyl groups is 1. The number of Topliss-reactive ketones (excluding diaryl/α,β-unsaturated/α-hetero) is 1. The van der Waals surface area contributed by atoms with E-state index in [1.54, 1.807) is 24.3 Å². The molecule has 6 nitrogen and oxygen atoms in total. The molecule has 0 radical (unpaired) electrons. The van der Waals surface area contributed by atoms with E-state index in [1.807, 2.05) is 56.3 Å². The molecule has 1 unspecified atom stereocenters. The molecule has 5 rings (SSSR count). The van der Waals surface area contributed by atoms with E-state index in [4.69, 9.17) is 9.72 Å². The average molecular weight is 527 g/mol. The maximum atomic E-state index is 13.5. The fraction of sp³-hybridized carbons (Fsp3) is 0.258. The second-order valence-electron chi connectivity index (χ2n) is 10.5. The fourth-order valence-corrected chi connectivity index (χ4v) is 5.78. The molecule has 3 aromatic carbocycles. The summed E-state index contributed by atoms with van der Waals surface area (Å²) in [5, 5.41) is 11.9. The highest BCUT2D eigenvalue weighted by molar-refractivity contribution is 7.22. The average Bonchev–Trinajstić information content (AvgIpc) is 3.41. The van der Waals surface area contributed by atoms with Crippen LogP contribution in [-0.4, -0.2) is 28.4 Å². The standard InChI is InChI=1S/C31H30N2O4S/c1-6-37-22-9-7-8-20(17-22)27(34)25-26(19-11-13-21(14-12-19)31(3,4)5)33(29(36)28(25)35)30-32-23-15-10-18(2)16-24(23)38-30/h7-17,26,34H,6H2,1-5H3. The Morgan fingerprint density at radius 1 is 1.05 bits per heavy atom. The topological polar surface area (TPSA) is 79.7 Å². The van der Waals surface area contributed by atoms with Gasteiger partial charge in [0.2, 0.25) is 0 Å². The van der Waals surface area contributed by atoms with Crippen molar-refractivity contribution in [2.75, 3.05) is 11.5 Å². The van der Waals surface area contributed by atoms with Crippen molar-refractivity contribution >= 4 is 44.1 Å². The SMILES string of the molecule is CCOc1cccc(C(O)=C2C(=O)C(=O)N(c3nc4ccc(C)cc4s3)C2c2ccc(C(C)(C)C)cc2)c1. The Kier molecular flexibility index (Phi) is 6.57. The van der Waals surface area contributed by atoms with Gasteiger partial charge < -0.3 is 9.84 Å². The summed E-state index contributed by atoms with van der Waals surface area (Å²) in [6.45, 7) is 10.7. The molecule has 1 amide bonds. The molecule has 0 spiro atoms. The zero-order valence-corrected chi connectivity index (χ0v) is 22.9. The zero-order chi connectivity index (χ0) is 27.2. The molecule has 2 heterocycles. The minimum atomic E-state index is -0.832. The summed E-state index contributed by atoms with van der Waals surface area (Å²) in [5.41, 5.74) is 4.05. The number of aromatic nitrogens is 1. The number of aryl methyl sites for hydroxylation is 1. The molecule has 1 saturated heterocycles. The van der Waals surface area contributed by atoms with Crippen molar-refractivity contribution in [2.24, 2.45) is 0 Å². The summed E-state index contributed by atoms with van der Waals surface area (Å²) in [6.07, 6.45) is 0. The summed E-state index contributed by atoms with van der Waals surface area (Å²) in [7, 11) is 0. The first-order valence-corrected chi connectivity index (χ1v) is 13.4. The summed E-state index contributed by atoms with van der Waals surface area (Å²) in [6, 6.07) is 19.8.